The van der Waals surface area contributed by atoms with Gasteiger partial charge in [0.2, 0.25) is 0 Å². The van der Waals surface area contributed by atoms with Gasteiger partial charge in [0.25, 0.3) is 0 Å². The number of aromatic nitrogens is 4. The number of alkyl halides is 3. The minimum Gasteiger partial charge on any atom is -0.379 e. The maximum absolute atomic E-state index is 13.5. The molecule has 182 valence electrons. The number of rotatable bonds is 6. The van der Waals surface area contributed by atoms with Crippen molar-refractivity contribution in [1.29, 1.82) is 0 Å². The molecule has 1 fully saturated rings. The molecule has 0 saturated carbocycles. The van der Waals surface area contributed by atoms with E-state index >= 15 is 0 Å². The summed E-state index contributed by atoms with van der Waals surface area (Å²) in [6.07, 6.45) is -2.51. The number of imidazole rings is 1. The van der Waals surface area contributed by atoms with Gasteiger partial charge in [0, 0.05) is 37.0 Å². The largest absolute Gasteiger partial charge is 0.417 e. The van der Waals surface area contributed by atoms with E-state index in [1.165, 1.54) is 35.0 Å². The minimum absolute atomic E-state index is 0.0380. The molecule has 35 heavy (non-hydrogen) atoms. The van der Waals surface area contributed by atoms with E-state index in [0.29, 0.717) is 36.8 Å². The molecule has 8 nitrogen and oxygen atoms in total. The summed E-state index contributed by atoms with van der Waals surface area (Å²) < 4.78 is 47.3. The summed E-state index contributed by atoms with van der Waals surface area (Å²) in [7, 11) is 0. The van der Waals surface area contributed by atoms with Crippen LogP contribution in [0.15, 0.2) is 60.9 Å². The number of ether oxygens (including phenoxy) is 1. The predicted octanol–water partition coefficient (Wildman–Crippen LogP) is 3.75. The Morgan fingerprint density at radius 3 is 2.66 bits per heavy atom. The average molecular weight is 484 g/mol. The Bertz CT molecular complexity index is 1320. The molecule has 0 bridgehead atoms. The summed E-state index contributed by atoms with van der Waals surface area (Å²) in [6, 6.07) is 11.9. The number of aliphatic hydroxyl groups is 1. The quantitative estimate of drug-likeness (QED) is 0.403. The van der Waals surface area contributed by atoms with Crippen LogP contribution < -0.4 is 5.32 Å². The van der Waals surface area contributed by atoms with Crippen molar-refractivity contribution >= 4 is 11.5 Å². The van der Waals surface area contributed by atoms with Gasteiger partial charge in [-0.2, -0.15) is 22.8 Å². The number of anilines is 1. The zero-order valence-electron chi connectivity index (χ0n) is 18.6. The summed E-state index contributed by atoms with van der Waals surface area (Å²) in [6.45, 7) is 3.64. The summed E-state index contributed by atoms with van der Waals surface area (Å²) in [5.74, 6) is 0.338. The number of hydrogen-bond acceptors (Lipinski definition) is 7. The molecule has 1 atom stereocenters. The molecule has 4 aromatic rings. The Morgan fingerprint density at radius 2 is 1.86 bits per heavy atom. The van der Waals surface area contributed by atoms with E-state index in [-0.39, 0.29) is 11.3 Å². The number of nitrogens with zero attached hydrogens (tertiary/aromatic N) is 5. The van der Waals surface area contributed by atoms with E-state index in [1.807, 2.05) is 6.07 Å². The molecule has 2 N–H and O–H groups in total. The van der Waals surface area contributed by atoms with Crippen LogP contribution in [0.25, 0.3) is 16.9 Å². The van der Waals surface area contributed by atoms with Crippen LogP contribution >= 0.6 is 0 Å². The van der Waals surface area contributed by atoms with Gasteiger partial charge in [0.05, 0.1) is 36.4 Å². The van der Waals surface area contributed by atoms with Crippen LogP contribution in [0.2, 0.25) is 0 Å². The third-order valence-corrected chi connectivity index (χ3v) is 5.80. The first-order valence-corrected chi connectivity index (χ1v) is 11.1. The first-order chi connectivity index (χ1) is 16.9. The van der Waals surface area contributed by atoms with Crippen molar-refractivity contribution in [2.75, 3.05) is 31.6 Å². The molecule has 0 radical (unpaired) electrons. The van der Waals surface area contributed by atoms with Gasteiger partial charge in [-0.05, 0) is 30.3 Å². The van der Waals surface area contributed by atoms with Gasteiger partial charge < -0.3 is 15.2 Å². The maximum atomic E-state index is 13.5. The number of morpholine rings is 1. The van der Waals surface area contributed by atoms with Crippen molar-refractivity contribution in [3.63, 3.8) is 0 Å². The molecule has 0 spiro atoms. The number of benzene rings is 1. The number of fused-ring (bicyclic) bond motifs is 1. The first kappa shape index (κ1) is 23.2. The van der Waals surface area contributed by atoms with Crippen molar-refractivity contribution in [2.45, 2.75) is 18.9 Å². The van der Waals surface area contributed by atoms with E-state index in [9.17, 15) is 18.3 Å². The Hall–Kier alpha value is -3.54. The molecule has 4 heterocycles. The lowest BCUT2D eigenvalue weighted by Crippen LogP contribution is -2.35. The van der Waals surface area contributed by atoms with Crippen LogP contribution in [0.5, 0.6) is 0 Å². The van der Waals surface area contributed by atoms with Crippen LogP contribution in [0.3, 0.4) is 0 Å². The van der Waals surface area contributed by atoms with E-state index in [4.69, 9.17) is 4.74 Å². The zero-order chi connectivity index (χ0) is 24.4. The van der Waals surface area contributed by atoms with E-state index in [2.05, 4.69) is 25.3 Å². The molecule has 0 amide bonds. The number of nitrogens with one attached hydrogen (secondary N) is 1. The van der Waals surface area contributed by atoms with E-state index in [0.717, 1.165) is 24.8 Å². The second-order valence-electron chi connectivity index (χ2n) is 8.19. The van der Waals surface area contributed by atoms with Crippen LogP contribution in [0.4, 0.5) is 19.0 Å². The highest BCUT2D eigenvalue weighted by molar-refractivity contribution is 5.66. The van der Waals surface area contributed by atoms with Gasteiger partial charge in [-0.3, -0.25) is 9.88 Å². The Balaban J connectivity index is 1.39. The number of aliphatic hydroxyl groups excluding tert-OH is 1. The molecule has 0 aliphatic carbocycles. The van der Waals surface area contributed by atoms with Gasteiger partial charge in [0.1, 0.15) is 0 Å². The van der Waals surface area contributed by atoms with Crippen molar-refractivity contribution < 1.29 is 23.0 Å². The normalized spacial score (nSPS) is 15.9. The third-order valence-electron chi connectivity index (χ3n) is 5.80. The molecule has 3 aromatic heterocycles. The number of halogens is 3. The van der Waals surface area contributed by atoms with E-state index in [1.54, 1.807) is 18.3 Å². The molecule has 11 heteroatoms. The molecule has 1 saturated heterocycles. The smallest absolute Gasteiger partial charge is 0.379 e. The summed E-state index contributed by atoms with van der Waals surface area (Å²) >= 11 is 0. The fraction of sp³-hybridized carbons (Fsp3) is 0.292. The fourth-order valence-electron chi connectivity index (χ4n) is 4.03. The molecular formula is C24H23F3N6O2. The maximum Gasteiger partial charge on any atom is 0.417 e. The van der Waals surface area contributed by atoms with Crippen LogP contribution in [-0.2, 0) is 17.5 Å². The predicted molar refractivity (Wildman–Crippen MR) is 122 cm³/mol. The van der Waals surface area contributed by atoms with Crippen molar-refractivity contribution in [2.24, 2.45) is 0 Å². The second-order valence-corrected chi connectivity index (χ2v) is 8.19. The van der Waals surface area contributed by atoms with Gasteiger partial charge >= 0.3 is 6.18 Å². The standard InChI is InChI=1S/C24H23F3N6O2/c25-24(26,27)19-4-2-1-3-18(19)20-5-6-21-29-14-22(33(21)31-20)30-23(34)16-7-8-28-17(13-16)15-32-9-11-35-12-10-32/h1-8,13-14,23,30,34H,9-12,15H2. The van der Waals surface area contributed by atoms with Crippen molar-refractivity contribution in [1.82, 2.24) is 24.5 Å². The lowest BCUT2D eigenvalue weighted by molar-refractivity contribution is -0.137. The van der Waals surface area contributed by atoms with Crippen molar-refractivity contribution in [3.8, 4) is 11.3 Å². The highest BCUT2D eigenvalue weighted by atomic mass is 19.4. The SMILES string of the molecule is OC(Nc1cnc2ccc(-c3ccccc3C(F)(F)F)nn12)c1ccnc(CN2CCOCC2)c1. The number of pyridine rings is 1. The third kappa shape index (κ3) is 5.11. The van der Waals surface area contributed by atoms with Gasteiger partial charge in [0.15, 0.2) is 17.7 Å². The summed E-state index contributed by atoms with van der Waals surface area (Å²) in [5.41, 5.74) is 1.16. The summed E-state index contributed by atoms with van der Waals surface area (Å²) in [5, 5.41) is 18.1. The first-order valence-electron chi connectivity index (χ1n) is 11.1. The molecule has 1 aliphatic rings. The summed E-state index contributed by atoms with van der Waals surface area (Å²) in [4.78, 5) is 10.9. The monoisotopic (exact) mass is 484 g/mol. The second kappa shape index (κ2) is 9.61. The van der Waals surface area contributed by atoms with Crippen LogP contribution in [0, 0.1) is 0 Å². The number of hydrogen-bond donors (Lipinski definition) is 2. The molecule has 1 unspecified atom stereocenters. The zero-order valence-corrected chi connectivity index (χ0v) is 18.6. The van der Waals surface area contributed by atoms with Crippen molar-refractivity contribution in [3.05, 3.63) is 77.7 Å². The lowest BCUT2D eigenvalue weighted by atomic mass is 10.0. The molecule has 5 rings (SSSR count). The van der Waals surface area contributed by atoms with Gasteiger partial charge in [-0.1, -0.05) is 18.2 Å². The highest BCUT2D eigenvalue weighted by Crippen LogP contribution is 2.36. The Kier molecular flexibility index (Phi) is 6.37. The van der Waals surface area contributed by atoms with Gasteiger partial charge in [-0.15, -0.1) is 0 Å². The Labute approximate surface area is 199 Å². The van der Waals surface area contributed by atoms with Crippen LogP contribution in [0.1, 0.15) is 23.0 Å². The van der Waals surface area contributed by atoms with Crippen LogP contribution in [-0.4, -0.2) is 55.9 Å². The molecule has 1 aliphatic heterocycles. The Morgan fingerprint density at radius 1 is 1.06 bits per heavy atom. The molecule has 1 aromatic carbocycles. The highest BCUT2D eigenvalue weighted by Gasteiger charge is 2.33. The fourth-order valence-corrected chi connectivity index (χ4v) is 4.03. The topological polar surface area (TPSA) is 87.8 Å². The lowest BCUT2D eigenvalue weighted by Gasteiger charge is -2.26. The average Bonchev–Trinajstić information content (AvgIpc) is 3.26. The van der Waals surface area contributed by atoms with Gasteiger partial charge in [-0.25, -0.2) is 4.98 Å². The minimum atomic E-state index is -4.51. The molecular weight excluding hydrogens is 461 g/mol. The van der Waals surface area contributed by atoms with E-state index < -0.39 is 18.0 Å².